The van der Waals surface area contributed by atoms with Gasteiger partial charge in [0.15, 0.2) is 0 Å². The van der Waals surface area contributed by atoms with E-state index in [4.69, 9.17) is 4.74 Å². The van der Waals surface area contributed by atoms with Gasteiger partial charge in [0, 0.05) is 17.0 Å². The molecule has 2 heterocycles. The first-order valence-electron chi connectivity index (χ1n) is 8.55. The number of rotatable bonds is 4. The SMILES string of the molecule is COc1ccc2c(c1)c(CC(=O)O)c(C)n2C(=O)C1CCN(C)CC1. The molecule has 1 fully saturated rings. The number of carboxylic acid groups (broad SMARTS) is 1. The van der Waals surface area contributed by atoms with Gasteiger partial charge in [0.2, 0.25) is 5.91 Å². The Labute approximate surface area is 147 Å². The van der Waals surface area contributed by atoms with E-state index in [0.29, 0.717) is 11.3 Å². The molecule has 1 aromatic heterocycles. The van der Waals surface area contributed by atoms with Gasteiger partial charge in [-0.3, -0.25) is 14.2 Å². The number of fused-ring (bicyclic) bond motifs is 1. The van der Waals surface area contributed by atoms with Crippen molar-refractivity contribution in [3.63, 3.8) is 0 Å². The molecule has 1 saturated heterocycles. The van der Waals surface area contributed by atoms with Crippen LogP contribution in [0.2, 0.25) is 0 Å². The topological polar surface area (TPSA) is 71.8 Å². The Morgan fingerprint density at radius 3 is 2.56 bits per heavy atom. The fraction of sp³-hybridized carbons (Fsp3) is 0.474. The van der Waals surface area contributed by atoms with E-state index < -0.39 is 5.97 Å². The molecule has 0 aliphatic carbocycles. The summed E-state index contributed by atoms with van der Waals surface area (Å²) in [6, 6.07) is 5.48. The lowest BCUT2D eigenvalue weighted by Crippen LogP contribution is -2.35. The van der Waals surface area contributed by atoms with Crippen LogP contribution in [0.25, 0.3) is 10.9 Å². The quantitative estimate of drug-likeness (QED) is 0.923. The third-order valence-electron chi connectivity index (χ3n) is 5.16. The first-order valence-corrected chi connectivity index (χ1v) is 8.55. The fourth-order valence-electron chi connectivity index (χ4n) is 3.69. The van der Waals surface area contributed by atoms with Crippen molar-refractivity contribution in [1.29, 1.82) is 0 Å². The number of methoxy groups -OCH3 is 1. The molecule has 134 valence electrons. The van der Waals surface area contributed by atoms with E-state index in [1.165, 1.54) is 0 Å². The summed E-state index contributed by atoms with van der Waals surface area (Å²) in [6.07, 6.45) is 1.56. The Morgan fingerprint density at radius 2 is 1.96 bits per heavy atom. The second-order valence-electron chi connectivity index (χ2n) is 6.77. The van der Waals surface area contributed by atoms with Crippen molar-refractivity contribution in [2.75, 3.05) is 27.2 Å². The number of aliphatic carboxylic acids is 1. The van der Waals surface area contributed by atoms with Crippen molar-refractivity contribution in [1.82, 2.24) is 9.47 Å². The maximum Gasteiger partial charge on any atom is 0.307 e. The second kappa shape index (κ2) is 6.88. The third-order valence-corrected chi connectivity index (χ3v) is 5.16. The van der Waals surface area contributed by atoms with Crippen molar-refractivity contribution in [2.24, 2.45) is 5.92 Å². The predicted molar refractivity (Wildman–Crippen MR) is 95.4 cm³/mol. The van der Waals surface area contributed by atoms with E-state index in [9.17, 15) is 14.7 Å². The third kappa shape index (κ3) is 3.26. The molecule has 0 amide bonds. The minimum atomic E-state index is -0.906. The summed E-state index contributed by atoms with van der Waals surface area (Å²) in [5, 5.41) is 10.1. The normalized spacial score (nSPS) is 16.3. The second-order valence-corrected chi connectivity index (χ2v) is 6.77. The summed E-state index contributed by atoms with van der Waals surface area (Å²) in [6.45, 7) is 3.65. The summed E-state index contributed by atoms with van der Waals surface area (Å²) in [4.78, 5) is 26.7. The Bertz CT molecular complexity index is 816. The van der Waals surface area contributed by atoms with Crippen LogP contribution in [0.3, 0.4) is 0 Å². The Morgan fingerprint density at radius 1 is 1.28 bits per heavy atom. The molecule has 1 aliphatic heterocycles. The molecule has 0 bridgehead atoms. The van der Waals surface area contributed by atoms with Gasteiger partial charge in [-0.25, -0.2) is 0 Å². The standard InChI is InChI=1S/C19H24N2O4/c1-12-15(11-18(22)23)16-10-14(25-3)4-5-17(16)21(12)19(24)13-6-8-20(2)9-7-13/h4-5,10,13H,6-9,11H2,1-3H3,(H,22,23). The van der Waals surface area contributed by atoms with Gasteiger partial charge < -0.3 is 14.7 Å². The maximum absolute atomic E-state index is 13.2. The molecular weight excluding hydrogens is 320 g/mol. The summed E-state index contributed by atoms with van der Waals surface area (Å²) in [7, 11) is 3.64. The molecule has 0 spiro atoms. The number of piperidine rings is 1. The molecule has 1 N–H and O–H groups in total. The minimum absolute atomic E-state index is 0.0229. The van der Waals surface area contributed by atoms with Crippen molar-refractivity contribution in [3.05, 3.63) is 29.5 Å². The van der Waals surface area contributed by atoms with Gasteiger partial charge in [0.05, 0.1) is 19.0 Å². The molecule has 0 atom stereocenters. The van der Waals surface area contributed by atoms with Crippen molar-refractivity contribution in [2.45, 2.75) is 26.2 Å². The largest absolute Gasteiger partial charge is 0.497 e. The van der Waals surface area contributed by atoms with Crippen LogP contribution in [0.1, 0.15) is 28.9 Å². The number of hydrogen-bond acceptors (Lipinski definition) is 4. The molecule has 3 rings (SSSR count). The zero-order chi connectivity index (χ0) is 18.1. The first-order chi connectivity index (χ1) is 11.9. The van der Waals surface area contributed by atoms with Crippen LogP contribution in [-0.4, -0.2) is 53.7 Å². The van der Waals surface area contributed by atoms with Crippen LogP contribution in [0.15, 0.2) is 18.2 Å². The number of carboxylic acids is 1. The van der Waals surface area contributed by atoms with Crippen LogP contribution in [0.5, 0.6) is 5.75 Å². The monoisotopic (exact) mass is 344 g/mol. The summed E-state index contributed by atoms with van der Waals surface area (Å²) >= 11 is 0. The molecular formula is C19H24N2O4. The predicted octanol–water partition coefficient (Wildman–Crippen LogP) is 2.57. The number of benzene rings is 1. The van der Waals surface area contributed by atoms with E-state index >= 15 is 0 Å². The van der Waals surface area contributed by atoms with Crippen LogP contribution >= 0.6 is 0 Å². The molecule has 0 unspecified atom stereocenters. The van der Waals surface area contributed by atoms with E-state index in [1.807, 2.05) is 25.1 Å². The van der Waals surface area contributed by atoms with E-state index in [-0.39, 0.29) is 18.2 Å². The first kappa shape index (κ1) is 17.5. The molecule has 0 radical (unpaired) electrons. The highest BCUT2D eigenvalue weighted by atomic mass is 16.5. The zero-order valence-electron chi connectivity index (χ0n) is 14.9. The van der Waals surface area contributed by atoms with Crippen LogP contribution in [-0.2, 0) is 11.2 Å². The van der Waals surface area contributed by atoms with Gasteiger partial charge in [-0.05, 0) is 63.7 Å². The number of carbonyl (C=O) groups excluding carboxylic acids is 1. The van der Waals surface area contributed by atoms with Gasteiger partial charge >= 0.3 is 5.97 Å². The Hall–Kier alpha value is -2.34. The average Bonchev–Trinajstić information content (AvgIpc) is 2.86. The van der Waals surface area contributed by atoms with Gasteiger partial charge in [-0.2, -0.15) is 0 Å². The van der Waals surface area contributed by atoms with Gasteiger partial charge in [-0.15, -0.1) is 0 Å². The zero-order valence-corrected chi connectivity index (χ0v) is 14.9. The van der Waals surface area contributed by atoms with Crippen molar-refractivity contribution in [3.8, 4) is 5.75 Å². The average molecular weight is 344 g/mol. The van der Waals surface area contributed by atoms with Gasteiger partial charge in [0.1, 0.15) is 5.75 Å². The van der Waals surface area contributed by atoms with Gasteiger partial charge in [-0.1, -0.05) is 0 Å². The molecule has 6 heteroatoms. The number of aromatic nitrogens is 1. The highest BCUT2D eigenvalue weighted by molar-refractivity contribution is 5.98. The van der Waals surface area contributed by atoms with Crippen molar-refractivity contribution >= 4 is 22.8 Å². The number of carbonyl (C=O) groups is 2. The lowest BCUT2D eigenvalue weighted by Gasteiger charge is -2.28. The summed E-state index contributed by atoms with van der Waals surface area (Å²) in [5.74, 6) is -0.206. The molecule has 25 heavy (non-hydrogen) atoms. The van der Waals surface area contributed by atoms with E-state index in [1.54, 1.807) is 11.7 Å². The molecule has 0 saturated carbocycles. The molecule has 2 aromatic rings. The molecule has 1 aliphatic rings. The highest BCUT2D eigenvalue weighted by Crippen LogP contribution is 2.31. The number of likely N-dealkylation sites (tertiary alicyclic amines) is 1. The molecule has 6 nitrogen and oxygen atoms in total. The van der Waals surface area contributed by atoms with Crippen LogP contribution < -0.4 is 4.74 Å². The lowest BCUT2D eigenvalue weighted by molar-refractivity contribution is -0.136. The molecule has 1 aromatic carbocycles. The Balaban J connectivity index is 2.09. The maximum atomic E-state index is 13.2. The summed E-state index contributed by atoms with van der Waals surface area (Å²) in [5.41, 5.74) is 2.16. The fourth-order valence-corrected chi connectivity index (χ4v) is 3.69. The van der Waals surface area contributed by atoms with Crippen LogP contribution in [0, 0.1) is 12.8 Å². The number of ether oxygens (including phenoxy) is 1. The highest BCUT2D eigenvalue weighted by Gasteiger charge is 2.28. The Kier molecular flexibility index (Phi) is 4.81. The summed E-state index contributed by atoms with van der Waals surface area (Å²) < 4.78 is 6.98. The van der Waals surface area contributed by atoms with E-state index in [0.717, 1.165) is 42.5 Å². The van der Waals surface area contributed by atoms with E-state index in [2.05, 4.69) is 11.9 Å². The smallest absolute Gasteiger partial charge is 0.307 e. The van der Waals surface area contributed by atoms with Crippen LogP contribution in [0.4, 0.5) is 0 Å². The number of hydrogen-bond donors (Lipinski definition) is 1. The minimum Gasteiger partial charge on any atom is -0.497 e. The van der Waals surface area contributed by atoms with Crippen molar-refractivity contribution < 1.29 is 19.4 Å². The van der Waals surface area contributed by atoms with Gasteiger partial charge in [0.25, 0.3) is 0 Å². The lowest BCUT2D eigenvalue weighted by atomic mass is 9.96. The number of nitrogens with zero attached hydrogens (tertiary/aromatic N) is 2.